The lowest BCUT2D eigenvalue weighted by atomic mass is 10.1. The zero-order chi connectivity index (χ0) is 17.7. The molecule has 2 aromatic carbocycles. The van der Waals surface area contributed by atoms with E-state index in [9.17, 15) is 13.2 Å². The monoisotopic (exact) mass is 363 g/mol. The number of halogens is 1. The summed E-state index contributed by atoms with van der Waals surface area (Å²) in [6, 6.07) is 13.3. The van der Waals surface area contributed by atoms with E-state index in [-0.39, 0.29) is 21.9 Å². The predicted molar refractivity (Wildman–Crippen MR) is 89.6 cm³/mol. The topological polar surface area (TPSA) is 113 Å². The Labute approximate surface area is 144 Å². The average Bonchev–Trinajstić information content (AvgIpc) is 2.55. The number of benzene rings is 2. The Morgan fingerprint density at radius 3 is 2.50 bits per heavy atom. The van der Waals surface area contributed by atoms with Crippen LogP contribution in [0.15, 0.2) is 53.4 Å². The molecule has 3 N–H and O–H groups in total. The third kappa shape index (κ3) is 4.32. The number of nitrogens with one attached hydrogen (secondary N) is 1. The number of hydrogen-bond donors (Lipinski definition) is 2. The summed E-state index contributed by atoms with van der Waals surface area (Å²) in [6.45, 7) is 0. The molecular formula is C16H14ClN3O3S. The first-order valence-corrected chi connectivity index (χ1v) is 8.75. The van der Waals surface area contributed by atoms with Gasteiger partial charge in [-0.2, -0.15) is 9.98 Å². The molecule has 0 spiro atoms. The zero-order valence-electron chi connectivity index (χ0n) is 12.4. The molecule has 0 radical (unpaired) electrons. The van der Waals surface area contributed by atoms with E-state index in [2.05, 4.69) is 4.72 Å². The molecule has 8 heteroatoms. The van der Waals surface area contributed by atoms with Gasteiger partial charge in [0, 0.05) is 0 Å². The van der Waals surface area contributed by atoms with Gasteiger partial charge in [-0.05, 0) is 30.2 Å². The number of hydrogen-bond acceptors (Lipinski definition) is 4. The molecule has 2 aromatic rings. The molecule has 0 aromatic heterocycles. The van der Waals surface area contributed by atoms with Gasteiger partial charge >= 0.3 is 0 Å². The molecule has 124 valence electrons. The van der Waals surface area contributed by atoms with E-state index in [0.29, 0.717) is 0 Å². The molecule has 0 saturated carbocycles. The van der Waals surface area contributed by atoms with Crippen LogP contribution in [0, 0.1) is 11.3 Å². The number of nitrogens with two attached hydrogens (primary N) is 1. The first kappa shape index (κ1) is 17.9. The van der Waals surface area contributed by atoms with E-state index >= 15 is 0 Å². The second-order valence-corrected chi connectivity index (χ2v) is 7.14. The minimum absolute atomic E-state index is 0.0261. The number of primary amides is 1. The maximum Gasteiger partial charge on any atom is 0.241 e. The second-order valence-electron chi connectivity index (χ2n) is 5.02. The Morgan fingerprint density at radius 1 is 1.25 bits per heavy atom. The summed E-state index contributed by atoms with van der Waals surface area (Å²) in [5.41, 5.74) is 6.10. The largest absolute Gasteiger partial charge is 0.368 e. The van der Waals surface area contributed by atoms with Crippen LogP contribution in [0.3, 0.4) is 0 Å². The van der Waals surface area contributed by atoms with Crippen molar-refractivity contribution in [3.63, 3.8) is 0 Å². The minimum atomic E-state index is -4.03. The molecule has 0 heterocycles. The highest BCUT2D eigenvalue weighted by atomic mass is 35.5. The molecule has 24 heavy (non-hydrogen) atoms. The van der Waals surface area contributed by atoms with Crippen molar-refractivity contribution in [2.24, 2.45) is 5.73 Å². The number of nitriles is 1. The standard InChI is InChI=1S/C16H14ClN3O3S/c17-14-7-6-13(9-12(14)10-18)24(22,23)20-15(16(19)21)8-11-4-2-1-3-5-11/h1-7,9,15,20H,8H2,(H2,19,21). The molecule has 6 nitrogen and oxygen atoms in total. The highest BCUT2D eigenvalue weighted by molar-refractivity contribution is 7.89. The number of nitrogens with zero attached hydrogens (tertiary/aromatic N) is 1. The minimum Gasteiger partial charge on any atom is -0.368 e. The molecule has 2 rings (SSSR count). The maximum absolute atomic E-state index is 12.4. The van der Waals surface area contributed by atoms with Gasteiger partial charge < -0.3 is 5.73 Å². The van der Waals surface area contributed by atoms with Crippen LogP contribution in [0.2, 0.25) is 5.02 Å². The van der Waals surface area contributed by atoms with E-state index in [0.717, 1.165) is 11.6 Å². The molecule has 0 saturated heterocycles. The lowest BCUT2D eigenvalue weighted by Crippen LogP contribution is -2.45. The lowest BCUT2D eigenvalue weighted by molar-refractivity contribution is -0.119. The number of carbonyl (C=O) groups excluding carboxylic acids is 1. The highest BCUT2D eigenvalue weighted by Crippen LogP contribution is 2.20. The lowest BCUT2D eigenvalue weighted by Gasteiger charge is -2.16. The fourth-order valence-electron chi connectivity index (χ4n) is 2.06. The van der Waals surface area contributed by atoms with E-state index in [1.807, 2.05) is 12.1 Å². The molecule has 1 unspecified atom stereocenters. The zero-order valence-corrected chi connectivity index (χ0v) is 14.0. The first-order valence-electron chi connectivity index (χ1n) is 6.88. The van der Waals surface area contributed by atoms with Gasteiger partial charge in [0.25, 0.3) is 0 Å². The van der Waals surface area contributed by atoms with Gasteiger partial charge in [0.15, 0.2) is 0 Å². The van der Waals surface area contributed by atoms with E-state index in [4.69, 9.17) is 22.6 Å². The molecule has 0 bridgehead atoms. The smallest absolute Gasteiger partial charge is 0.241 e. The average molecular weight is 364 g/mol. The van der Waals surface area contributed by atoms with Gasteiger partial charge in [0.2, 0.25) is 15.9 Å². The van der Waals surface area contributed by atoms with E-state index < -0.39 is 22.0 Å². The fraction of sp³-hybridized carbons (Fsp3) is 0.125. The Bertz CT molecular complexity index is 893. The van der Waals surface area contributed by atoms with E-state index in [1.54, 1.807) is 24.3 Å². The molecule has 0 aliphatic carbocycles. The van der Waals surface area contributed by atoms with Gasteiger partial charge in [0.1, 0.15) is 12.1 Å². The number of sulfonamides is 1. The number of amides is 1. The third-order valence-corrected chi connectivity index (χ3v) is 5.09. The quantitative estimate of drug-likeness (QED) is 0.811. The van der Waals surface area contributed by atoms with Crippen LogP contribution in [0.25, 0.3) is 0 Å². The third-order valence-electron chi connectivity index (χ3n) is 3.29. The fourth-order valence-corrected chi connectivity index (χ4v) is 3.45. The van der Waals surface area contributed by atoms with Crippen molar-refractivity contribution in [2.45, 2.75) is 17.4 Å². The Morgan fingerprint density at radius 2 is 1.92 bits per heavy atom. The van der Waals surface area contributed by atoms with Crippen LogP contribution < -0.4 is 10.5 Å². The van der Waals surface area contributed by atoms with Crippen LogP contribution in [-0.4, -0.2) is 20.4 Å². The molecule has 0 fully saturated rings. The summed E-state index contributed by atoms with van der Waals surface area (Å²) >= 11 is 5.80. The highest BCUT2D eigenvalue weighted by Gasteiger charge is 2.25. The summed E-state index contributed by atoms with van der Waals surface area (Å²) < 4.78 is 27.2. The molecule has 0 aliphatic rings. The van der Waals surface area contributed by atoms with Crippen LogP contribution >= 0.6 is 11.6 Å². The molecule has 1 amide bonds. The van der Waals surface area contributed by atoms with Gasteiger partial charge in [-0.25, -0.2) is 8.42 Å². The van der Waals surface area contributed by atoms with Crippen molar-refractivity contribution in [2.75, 3.05) is 0 Å². The number of rotatable bonds is 6. The SMILES string of the molecule is N#Cc1cc(S(=O)(=O)NC(Cc2ccccc2)C(N)=O)ccc1Cl. The van der Waals surface area contributed by atoms with Gasteiger partial charge in [-0.15, -0.1) is 0 Å². The Balaban J connectivity index is 2.28. The van der Waals surface area contributed by atoms with Gasteiger partial charge in [-0.3, -0.25) is 4.79 Å². The summed E-state index contributed by atoms with van der Waals surface area (Å²) in [5, 5.41) is 9.10. The molecule has 1 atom stereocenters. The Hall–Kier alpha value is -2.40. The molecule has 0 aliphatic heterocycles. The predicted octanol–water partition coefficient (Wildman–Crippen LogP) is 1.59. The summed E-state index contributed by atoms with van der Waals surface area (Å²) in [5.74, 6) is -0.795. The maximum atomic E-state index is 12.4. The van der Waals surface area contributed by atoms with Crippen molar-refractivity contribution in [1.82, 2.24) is 4.72 Å². The van der Waals surface area contributed by atoms with Crippen LogP contribution in [0.1, 0.15) is 11.1 Å². The van der Waals surface area contributed by atoms with Crippen molar-refractivity contribution in [3.8, 4) is 6.07 Å². The van der Waals surface area contributed by atoms with Crippen molar-refractivity contribution in [3.05, 3.63) is 64.7 Å². The normalized spacial score (nSPS) is 12.3. The molecular weight excluding hydrogens is 350 g/mol. The van der Waals surface area contributed by atoms with Crippen molar-refractivity contribution >= 4 is 27.5 Å². The summed E-state index contributed by atoms with van der Waals surface area (Å²) in [4.78, 5) is 11.4. The Kier molecular flexibility index (Phi) is 5.57. The van der Waals surface area contributed by atoms with Crippen molar-refractivity contribution < 1.29 is 13.2 Å². The van der Waals surface area contributed by atoms with Crippen LogP contribution in [-0.2, 0) is 21.2 Å². The van der Waals surface area contributed by atoms with Crippen molar-refractivity contribution in [1.29, 1.82) is 5.26 Å². The summed E-state index contributed by atoms with van der Waals surface area (Å²) in [7, 11) is -4.03. The van der Waals surface area contributed by atoms with E-state index in [1.165, 1.54) is 12.1 Å². The van der Waals surface area contributed by atoms with Gasteiger partial charge in [-0.1, -0.05) is 41.9 Å². The first-order chi connectivity index (χ1) is 11.3. The van der Waals surface area contributed by atoms with Gasteiger partial charge in [0.05, 0.1) is 15.5 Å². The number of carbonyl (C=O) groups is 1. The summed E-state index contributed by atoms with van der Waals surface area (Å²) in [6.07, 6.45) is 0.119. The van der Waals surface area contributed by atoms with Crippen LogP contribution in [0.5, 0.6) is 0 Å². The second kappa shape index (κ2) is 7.45. The van der Waals surface area contributed by atoms with Crippen LogP contribution in [0.4, 0.5) is 0 Å².